The van der Waals surface area contributed by atoms with Gasteiger partial charge in [0.2, 0.25) is 0 Å². The number of aromatic amines is 2. The number of H-pyrrole nitrogens is 2. The molecule has 2 aromatic carbocycles. The number of rotatable bonds is 1. The number of nitrogens with zero attached hydrogens (tertiary/aromatic N) is 2. The van der Waals surface area contributed by atoms with Crippen molar-refractivity contribution in [1.82, 2.24) is 19.9 Å². The second-order valence-electron chi connectivity index (χ2n) is 4.66. The van der Waals surface area contributed by atoms with Gasteiger partial charge in [0.05, 0.1) is 22.1 Å². The summed E-state index contributed by atoms with van der Waals surface area (Å²) >= 11 is 0. The predicted octanol–water partition coefficient (Wildman–Crippen LogP) is 3.41. The van der Waals surface area contributed by atoms with E-state index >= 15 is 0 Å². The van der Waals surface area contributed by atoms with Crippen LogP contribution >= 0.6 is 0 Å². The van der Waals surface area contributed by atoms with Gasteiger partial charge in [-0.05, 0) is 19.1 Å². The fraction of sp³-hybridized carbons (Fsp3) is 0.0667. The lowest BCUT2D eigenvalue weighted by molar-refractivity contribution is 1.17. The van der Waals surface area contributed by atoms with E-state index in [9.17, 15) is 0 Å². The number of imidazole rings is 2. The van der Waals surface area contributed by atoms with Gasteiger partial charge in [-0.2, -0.15) is 0 Å². The molecule has 2 N–H and O–H groups in total. The van der Waals surface area contributed by atoms with E-state index in [0.717, 1.165) is 39.3 Å². The van der Waals surface area contributed by atoms with E-state index < -0.39 is 0 Å². The van der Waals surface area contributed by atoms with Crippen LogP contribution in [0.3, 0.4) is 0 Å². The number of benzene rings is 2. The Hall–Kier alpha value is -2.62. The Balaban J connectivity index is 1.96. The van der Waals surface area contributed by atoms with Gasteiger partial charge in [0.15, 0.2) is 0 Å². The zero-order chi connectivity index (χ0) is 12.8. The van der Waals surface area contributed by atoms with Crippen LogP contribution in [0.2, 0.25) is 0 Å². The third-order valence-electron chi connectivity index (χ3n) is 3.25. The molecule has 0 unspecified atom stereocenters. The predicted molar refractivity (Wildman–Crippen MR) is 75.9 cm³/mol. The highest BCUT2D eigenvalue weighted by molar-refractivity contribution is 5.92. The molecular weight excluding hydrogens is 236 g/mol. The molecular formula is C15H12N4. The minimum Gasteiger partial charge on any atom is -0.342 e. The fourth-order valence-corrected chi connectivity index (χ4v) is 2.37. The average molecular weight is 248 g/mol. The maximum absolute atomic E-state index is 4.63. The average Bonchev–Trinajstić information content (AvgIpc) is 2.98. The molecule has 0 aliphatic heterocycles. The molecule has 0 aliphatic carbocycles. The number of fused-ring (bicyclic) bond motifs is 2. The Morgan fingerprint density at radius 1 is 0.842 bits per heavy atom. The Bertz CT molecular complexity index is 820. The first-order chi connectivity index (χ1) is 9.29. The summed E-state index contributed by atoms with van der Waals surface area (Å²) in [5.41, 5.74) is 5.05. The molecule has 0 spiro atoms. The molecule has 19 heavy (non-hydrogen) atoms. The first kappa shape index (κ1) is 10.3. The van der Waals surface area contributed by atoms with Gasteiger partial charge in [-0.1, -0.05) is 30.3 Å². The number of hydrogen-bond donors (Lipinski definition) is 2. The van der Waals surface area contributed by atoms with E-state index in [2.05, 4.69) is 26.0 Å². The number of aromatic nitrogens is 4. The Kier molecular flexibility index (Phi) is 2.00. The summed E-state index contributed by atoms with van der Waals surface area (Å²) in [6.07, 6.45) is 0. The minimum atomic E-state index is 0.889. The van der Waals surface area contributed by atoms with Crippen molar-refractivity contribution >= 4 is 22.1 Å². The van der Waals surface area contributed by atoms with Gasteiger partial charge in [-0.25, -0.2) is 9.97 Å². The molecule has 4 aromatic rings. The van der Waals surface area contributed by atoms with E-state index in [4.69, 9.17) is 0 Å². The van der Waals surface area contributed by atoms with Crippen LogP contribution in [0.5, 0.6) is 0 Å². The fourth-order valence-electron chi connectivity index (χ4n) is 2.37. The van der Waals surface area contributed by atoms with E-state index in [0.29, 0.717) is 0 Å². The molecule has 2 heterocycles. The standard InChI is InChI=1S/C15H12N4/c1-9-16-11-7-13-14(8-12(11)17-9)19-15(18-13)10-5-3-2-4-6-10/h2-8H,1H3,(H,16,17)(H,18,19). The van der Waals surface area contributed by atoms with Crippen molar-refractivity contribution in [1.29, 1.82) is 0 Å². The molecule has 4 heteroatoms. The topological polar surface area (TPSA) is 57.4 Å². The first-order valence-electron chi connectivity index (χ1n) is 6.21. The van der Waals surface area contributed by atoms with E-state index in [1.54, 1.807) is 0 Å². The van der Waals surface area contributed by atoms with E-state index in [-0.39, 0.29) is 0 Å². The maximum atomic E-state index is 4.63. The van der Waals surface area contributed by atoms with Gasteiger partial charge in [0.25, 0.3) is 0 Å². The largest absolute Gasteiger partial charge is 0.342 e. The van der Waals surface area contributed by atoms with Crippen LogP contribution in [0.25, 0.3) is 33.5 Å². The lowest BCUT2D eigenvalue weighted by Crippen LogP contribution is -1.77. The van der Waals surface area contributed by atoms with Gasteiger partial charge in [0, 0.05) is 5.56 Å². The summed E-state index contributed by atoms with van der Waals surface area (Å²) in [7, 11) is 0. The van der Waals surface area contributed by atoms with Gasteiger partial charge < -0.3 is 9.97 Å². The lowest BCUT2D eigenvalue weighted by Gasteiger charge is -1.93. The number of aryl methyl sites for hydroxylation is 1. The van der Waals surface area contributed by atoms with Crippen molar-refractivity contribution in [3.8, 4) is 11.4 Å². The number of nitrogens with one attached hydrogen (secondary N) is 2. The van der Waals surface area contributed by atoms with E-state index in [1.807, 2.05) is 43.3 Å². The van der Waals surface area contributed by atoms with Crippen LogP contribution in [0.4, 0.5) is 0 Å². The van der Waals surface area contributed by atoms with Gasteiger partial charge in [-0.3, -0.25) is 0 Å². The lowest BCUT2D eigenvalue weighted by atomic mass is 10.2. The van der Waals surface area contributed by atoms with Gasteiger partial charge in [0.1, 0.15) is 11.6 Å². The normalized spacial score (nSPS) is 11.4. The third-order valence-corrected chi connectivity index (χ3v) is 3.25. The molecule has 2 aromatic heterocycles. The smallest absolute Gasteiger partial charge is 0.138 e. The molecule has 4 rings (SSSR count). The van der Waals surface area contributed by atoms with Crippen molar-refractivity contribution in [2.45, 2.75) is 6.92 Å². The molecule has 0 saturated carbocycles. The molecule has 0 bridgehead atoms. The van der Waals surface area contributed by atoms with Crippen LogP contribution < -0.4 is 0 Å². The second kappa shape index (κ2) is 3.68. The minimum absolute atomic E-state index is 0.889. The molecule has 0 amide bonds. The van der Waals surface area contributed by atoms with Crippen molar-refractivity contribution in [2.24, 2.45) is 0 Å². The molecule has 0 aliphatic rings. The highest BCUT2D eigenvalue weighted by atomic mass is 14.9. The highest BCUT2D eigenvalue weighted by Crippen LogP contribution is 2.23. The molecule has 0 saturated heterocycles. The summed E-state index contributed by atoms with van der Waals surface area (Å²) in [6.45, 7) is 1.96. The zero-order valence-corrected chi connectivity index (χ0v) is 10.4. The van der Waals surface area contributed by atoms with E-state index in [1.165, 1.54) is 0 Å². The van der Waals surface area contributed by atoms with Crippen molar-refractivity contribution in [3.05, 3.63) is 48.3 Å². The summed E-state index contributed by atoms with van der Waals surface area (Å²) in [4.78, 5) is 15.7. The first-order valence-corrected chi connectivity index (χ1v) is 6.21. The molecule has 0 radical (unpaired) electrons. The summed E-state index contributed by atoms with van der Waals surface area (Å²) in [5.74, 6) is 1.81. The molecule has 4 nitrogen and oxygen atoms in total. The second-order valence-corrected chi connectivity index (χ2v) is 4.66. The van der Waals surface area contributed by atoms with Crippen LogP contribution in [-0.2, 0) is 0 Å². The monoisotopic (exact) mass is 248 g/mol. The molecule has 0 fully saturated rings. The third kappa shape index (κ3) is 1.61. The van der Waals surface area contributed by atoms with Crippen molar-refractivity contribution in [3.63, 3.8) is 0 Å². The summed E-state index contributed by atoms with van der Waals surface area (Å²) in [6, 6.07) is 14.2. The van der Waals surface area contributed by atoms with Crippen molar-refractivity contribution < 1.29 is 0 Å². The highest BCUT2D eigenvalue weighted by Gasteiger charge is 2.08. The summed E-state index contributed by atoms with van der Waals surface area (Å²) < 4.78 is 0. The van der Waals surface area contributed by atoms with Crippen LogP contribution in [0.1, 0.15) is 5.82 Å². The Morgan fingerprint density at radius 2 is 1.58 bits per heavy atom. The quantitative estimate of drug-likeness (QED) is 0.542. The van der Waals surface area contributed by atoms with Crippen LogP contribution in [-0.4, -0.2) is 19.9 Å². The molecule has 0 atom stereocenters. The maximum Gasteiger partial charge on any atom is 0.138 e. The Labute approximate surface area is 109 Å². The van der Waals surface area contributed by atoms with Crippen molar-refractivity contribution in [2.75, 3.05) is 0 Å². The number of hydrogen-bond acceptors (Lipinski definition) is 2. The zero-order valence-electron chi connectivity index (χ0n) is 10.4. The van der Waals surface area contributed by atoms with Crippen LogP contribution in [0.15, 0.2) is 42.5 Å². The summed E-state index contributed by atoms with van der Waals surface area (Å²) in [5, 5.41) is 0. The van der Waals surface area contributed by atoms with Gasteiger partial charge >= 0.3 is 0 Å². The SMILES string of the molecule is Cc1nc2cc3nc(-c4ccccc4)[nH]c3cc2[nH]1. The Morgan fingerprint density at radius 3 is 2.42 bits per heavy atom. The molecule has 92 valence electrons. The van der Waals surface area contributed by atoms with Gasteiger partial charge in [-0.15, -0.1) is 0 Å². The van der Waals surface area contributed by atoms with Crippen LogP contribution in [0, 0.1) is 6.92 Å².